The van der Waals surface area contributed by atoms with E-state index < -0.39 is 41.8 Å². The molecule has 0 spiro atoms. The summed E-state index contributed by atoms with van der Waals surface area (Å²) in [7, 11) is 0.290. The number of benzene rings is 1. The Morgan fingerprint density at radius 3 is 2.52 bits per heavy atom. The molecule has 2 bridgehead atoms. The standard InChI is InChI=1S/C34H51BFNO7/c1-8-37(9-2)17-16-32(5)18-23(28(31(39)40)44-24-11-10-22-19-43-35(41)26(22)27(24)36)33(6)20(3)12-14-34(21(4)30(32)38)15-13-25(42-7)29(33)34/h10-11,20-21,23,25,28-29,41H,8-9,12-19H2,1-7H3,(H,39,40)/t20-,21+,23+,25-,28?,29-,32+,33-,34+/m1/s1. The van der Waals surface area contributed by atoms with Gasteiger partial charge in [-0.1, -0.05) is 47.6 Å². The van der Waals surface area contributed by atoms with Gasteiger partial charge in [0.25, 0.3) is 0 Å². The molecule has 1 aromatic carbocycles. The van der Waals surface area contributed by atoms with E-state index in [2.05, 4.69) is 39.5 Å². The Morgan fingerprint density at radius 2 is 1.89 bits per heavy atom. The van der Waals surface area contributed by atoms with E-state index in [4.69, 9.17) is 14.1 Å². The number of carbonyl (C=O) groups excluding carboxylic acids is 1. The third kappa shape index (κ3) is 5.12. The van der Waals surface area contributed by atoms with Crippen LogP contribution in [0.25, 0.3) is 0 Å². The van der Waals surface area contributed by atoms with Gasteiger partial charge in [-0.25, -0.2) is 9.18 Å². The molecule has 1 aromatic rings. The molecule has 1 aliphatic heterocycles. The molecule has 3 fully saturated rings. The molecule has 0 saturated heterocycles. The van der Waals surface area contributed by atoms with Crippen LogP contribution in [-0.4, -0.2) is 72.9 Å². The van der Waals surface area contributed by atoms with E-state index in [9.17, 15) is 19.7 Å². The molecule has 1 unspecified atom stereocenters. The van der Waals surface area contributed by atoms with Crippen molar-refractivity contribution in [2.45, 2.75) is 98.9 Å². The number of aliphatic carboxylic acids is 1. The summed E-state index contributed by atoms with van der Waals surface area (Å²) in [5, 5.41) is 21.2. The molecule has 0 amide bonds. The number of rotatable bonds is 10. The van der Waals surface area contributed by atoms with Crippen molar-refractivity contribution in [2.75, 3.05) is 26.7 Å². The average Bonchev–Trinajstić information content (AvgIpc) is 3.59. The van der Waals surface area contributed by atoms with E-state index in [0.29, 0.717) is 18.4 Å². The maximum absolute atomic E-state index is 15.8. The smallest absolute Gasteiger partial charge is 0.478 e. The lowest BCUT2D eigenvalue weighted by atomic mass is 9.41. The number of carbonyl (C=O) groups is 2. The van der Waals surface area contributed by atoms with Crippen LogP contribution in [0.1, 0.15) is 85.6 Å². The summed E-state index contributed by atoms with van der Waals surface area (Å²) in [4.78, 5) is 30.4. The van der Waals surface area contributed by atoms with Crippen molar-refractivity contribution in [2.24, 2.45) is 39.9 Å². The highest BCUT2D eigenvalue weighted by atomic mass is 19.1. The van der Waals surface area contributed by atoms with E-state index in [1.165, 1.54) is 6.07 Å². The van der Waals surface area contributed by atoms with Gasteiger partial charge in [0.2, 0.25) is 0 Å². The van der Waals surface area contributed by atoms with Gasteiger partial charge < -0.3 is 29.2 Å². The third-order valence-corrected chi connectivity index (χ3v) is 12.9. The zero-order valence-electron chi connectivity index (χ0n) is 27.5. The highest BCUT2D eigenvalue weighted by Crippen LogP contribution is 2.70. The quantitative estimate of drug-likeness (QED) is 0.366. The van der Waals surface area contributed by atoms with E-state index in [1.54, 1.807) is 13.2 Å². The molecule has 2 N–H and O–H groups in total. The van der Waals surface area contributed by atoms with Crippen LogP contribution in [0.4, 0.5) is 4.39 Å². The topological polar surface area (TPSA) is 106 Å². The van der Waals surface area contributed by atoms with Crippen molar-refractivity contribution < 1.29 is 38.2 Å². The molecule has 0 radical (unpaired) electrons. The maximum atomic E-state index is 15.8. The molecular weight excluding hydrogens is 564 g/mol. The first-order chi connectivity index (χ1) is 20.8. The molecule has 8 nitrogen and oxygen atoms in total. The van der Waals surface area contributed by atoms with Gasteiger partial charge in [-0.15, -0.1) is 0 Å². The predicted octanol–water partition coefficient (Wildman–Crippen LogP) is 4.69. The summed E-state index contributed by atoms with van der Waals surface area (Å²) >= 11 is 0. The van der Waals surface area contributed by atoms with Crippen molar-refractivity contribution in [3.05, 3.63) is 23.5 Å². The van der Waals surface area contributed by atoms with Crippen LogP contribution in [0.2, 0.25) is 0 Å². The van der Waals surface area contributed by atoms with Gasteiger partial charge in [-0.05, 0) is 92.5 Å². The van der Waals surface area contributed by atoms with Gasteiger partial charge in [0.1, 0.15) is 5.78 Å². The zero-order valence-corrected chi connectivity index (χ0v) is 27.5. The Hall–Kier alpha value is -2.01. The fourth-order valence-corrected chi connectivity index (χ4v) is 10.0. The highest BCUT2D eigenvalue weighted by Gasteiger charge is 2.69. The molecule has 4 aliphatic rings. The molecule has 44 heavy (non-hydrogen) atoms. The number of carboxylic acid groups (broad SMARTS) is 1. The second kappa shape index (κ2) is 12.3. The summed E-state index contributed by atoms with van der Waals surface area (Å²) in [6, 6.07) is 3.06. The first-order valence-corrected chi connectivity index (χ1v) is 16.6. The Balaban J connectivity index is 1.66. The van der Waals surface area contributed by atoms with Crippen LogP contribution in [0, 0.1) is 45.7 Å². The van der Waals surface area contributed by atoms with Crippen molar-refractivity contribution >= 4 is 24.3 Å². The van der Waals surface area contributed by atoms with Crippen LogP contribution >= 0.6 is 0 Å². The summed E-state index contributed by atoms with van der Waals surface area (Å²) in [6.45, 7) is 15.3. The van der Waals surface area contributed by atoms with E-state index in [1.807, 2.05) is 6.92 Å². The minimum absolute atomic E-state index is 0.0103. The second-order valence-electron chi connectivity index (χ2n) is 14.6. The molecule has 244 valence electrons. The number of carboxylic acids is 1. The van der Waals surface area contributed by atoms with Gasteiger partial charge in [0.15, 0.2) is 17.7 Å². The number of hydrogen-bond donors (Lipinski definition) is 2. The summed E-state index contributed by atoms with van der Waals surface area (Å²) in [5.41, 5.74) is -1.18. The normalized spacial score (nSPS) is 37.4. The largest absolute Gasteiger partial charge is 0.494 e. The molecule has 0 aromatic heterocycles. The fraction of sp³-hybridized carbons (Fsp3) is 0.765. The SMILES string of the molecule is CCN(CC)CC[C@@]1(C)C[C@@H](C(Oc2ccc3c(c2F)B(O)OC3)C(=O)O)[C@@]2(C)[C@H](C)CC[C@]3(CC[C@@H](OC)[C@@H]32)[C@@H](C)C1=O. The van der Waals surface area contributed by atoms with E-state index in [-0.39, 0.29) is 52.9 Å². The van der Waals surface area contributed by atoms with Crippen molar-refractivity contribution in [1.82, 2.24) is 4.90 Å². The van der Waals surface area contributed by atoms with Crippen LogP contribution in [0.3, 0.4) is 0 Å². The molecule has 3 aliphatic carbocycles. The predicted molar refractivity (Wildman–Crippen MR) is 166 cm³/mol. The monoisotopic (exact) mass is 615 g/mol. The number of ether oxygens (including phenoxy) is 2. The number of hydrogen-bond acceptors (Lipinski definition) is 7. The third-order valence-electron chi connectivity index (χ3n) is 12.9. The highest BCUT2D eigenvalue weighted by molar-refractivity contribution is 6.61. The second-order valence-corrected chi connectivity index (χ2v) is 14.6. The van der Waals surface area contributed by atoms with Crippen LogP contribution in [-0.2, 0) is 25.6 Å². The molecule has 10 heteroatoms. The molecule has 3 saturated carbocycles. The Labute approximate surface area is 262 Å². The minimum Gasteiger partial charge on any atom is -0.478 e. The Morgan fingerprint density at radius 1 is 1.20 bits per heavy atom. The lowest BCUT2D eigenvalue weighted by molar-refractivity contribution is -0.194. The fourth-order valence-electron chi connectivity index (χ4n) is 10.0. The number of nitrogens with zero attached hydrogens (tertiary/aromatic N) is 1. The van der Waals surface area contributed by atoms with Gasteiger partial charge in [-0.2, -0.15) is 0 Å². The first kappa shape index (κ1) is 33.4. The minimum atomic E-state index is -1.43. The van der Waals surface area contributed by atoms with Crippen molar-refractivity contribution in [1.29, 1.82) is 0 Å². The number of halogens is 1. The van der Waals surface area contributed by atoms with Crippen LogP contribution < -0.4 is 10.2 Å². The van der Waals surface area contributed by atoms with Crippen molar-refractivity contribution in [3.63, 3.8) is 0 Å². The Bertz CT molecular complexity index is 1260. The Kier molecular flexibility index (Phi) is 9.33. The van der Waals surface area contributed by atoms with Gasteiger partial charge >= 0.3 is 13.1 Å². The maximum Gasteiger partial charge on any atom is 0.494 e. The molecule has 9 atom stereocenters. The van der Waals surface area contributed by atoms with Crippen molar-refractivity contribution in [3.8, 4) is 5.75 Å². The van der Waals surface area contributed by atoms with Gasteiger partial charge in [-0.3, -0.25) is 4.79 Å². The van der Waals surface area contributed by atoms with E-state index >= 15 is 4.39 Å². The number of Topliss-reactive ketones (excluding diaryl/α,β-unsaturated/α-hetero) is 1. The number of fused-ring (bicyclic) bond motifs is 1. The van der Waals surface area contributed by atoms with E-state index in [0.717, 1.165) is 45.3 Å². The summed E-state index contributed by atoms with van der Waals surface area (Å²) in [6.07, 6.45) is 2.84. The number of ketones is 1. The molecule has 1 heterocycles. The first-order valence-electron chi connectivity index (χ1n) is 16.6. The molecule has 5 rings (SSSR count). The van der Waals surface area contributed by atoms with Gasteiger partial charge in [0.05, 0.1) is 12.7 Å². The van der Waals surface area contributed by atoms with Crippen LogP contribution in [0.5, 0.6) is 5.75 Å². The summed E-state index contributed by atoms with van der Waals surface area (Å²) in [5.74, 6) is -2.74. The summed E-state index contributed by atoms with van der Waals surface area (Å²) < 4.78 is 33.4. The lowest BCUT2D eigenvalue weighted by Gasteiger charge is -2.63. The average molecular weight is 616 g/mol. The molecular formula is C34H51BFNO7. The lowest BCUT2D eigenvalue weighted by Crippen LogP contribution is -2.63. The zero-order chi connectivity index (χ0) is 32.2. The van der Waals surface area contributed by atoms with Crippen LogP contribution in [0.15, 0.2) is 12.1 Å². The van der Waals surface area contributed by atoms with Gasteiger partial charge in [0, 0.05) is 29.8 Å². The number of methoxy groups -OCH3 is 1.